The predicted molar refractivity (Wildman–Crippen MR) is 78.1 cm³/mol. The molecule has 19 heavy (non-hydrogen) atoms. The summed E-state index contributed by atoms with van der Waals surface area (Å²) >= 11 is 11.8. The summed E-state index contributed by atoms with van der Waals surface area (Å²) < 4.78 is 13.3. The summed E-state index contributed by atoms with van der Waals surface area (Å²) in [5.74, 6) is -0.389. The number of benzene rings is 2. The molecule has 0 aliphatic carbocycles. The minimum Gasteiger partial charge on any atom is -0.306 e. The van der Waals surface area contributed by atoms with Gasteiger partial charge in [-0.25, -0.2) is 4.39 Å². The molecule has 0 aromatic heterocycles. The van der Waals surface area contributed by atoms with E-state index in [1.807, 2.05) is 37.3 Å². The van der Waals surface area contributed by atoms with Crippen LogP contribution in [0.4, 0.5) is 4.39 Å². The second-order valence-corrected chi connectivity index (χ2v) is 5.18. The molecule has 1 unspecified atom stereocenters. The molecule has 0 aliphatic heterocycles. The summed E-state index contributed by atoms with van der Waals surface area (Å²) in [4.78, 5) is 0. The summed E-state index contributed by atoms with van der Waals surface area (Å²) in [6.07, 6.45) is 0. The standard InChI is InChI=1S/C15H14Cl2FN/c1-10(11-5-7-13(16)8-6-11)19-9-12-3-2-4-14(18)15(12)17/h2-8,10,19H,9H2,1H3. The molecular formula is C15H14Cl2FN. The molecule has 1 atom stereocenters. The lowest BCUT2D eigenvalue weighted by Crippen LogP contribution is -2.18. The Morgan fingerprint density at radius 2 is 1.79 bits per heavy atom. The molecule has 0 aliphatic rings. The van der Waals surface area contributed by atoms with E-state index in [4.69, 9.17) is 23.2 Å². The molecule has 0 fully saturated rings. The van der Waals surface area contributed by atoms with Crippen LogP contribution in [0.1, 0.15) is 24.1 Å². The Balaban J connectivity index is 2.02. The third-order valence-corrected chi connectivity index (χ3v) is 3.68. The number of halogens is 3. The summed E-state index contributed by atoms with van der Waals surface area (Å²) in [7, 11) is 0. The highest BCUT2D eigenvalue weighted by molar-refractivity contribution is 6.31. The Labute approximate surface area is 122 Å². The zero-order chi connectivity index (χ0) is 13.8. The van der Waals surface area contributed by atoms with Gasteiger partial charge in [0, 0.05) is 17.6 Å². The molecule has 0 saturated heterocycles. The van der Waals surface area contributed by atoms with Gasteiger partial charge in [0.05, 0.1) is 5.02 Å². The lowest BCUT2D eigenvalue weighted by Gasteiger charge is -2.15. The molecule has 2 aromatic carbocycles. The molecule has 4 heteroatoms. The normalized spacial score (nSPS) is 12.4. The fourth-order valence-electron chi connectivity index (χ4n) is 1.82. The molecule has 0 amide bonds. The molecule has 0 saturated carbocycles. The van der Waals surface area contributed by atoms with Crippen LogP contribution in [-0.4, -0.2) is 0 Å². The zero-order valence-corrected chi connectivity index (χ0v) is 12.0. The fourth-order valence-corrected chi connectivity index (χ4v) is 2.14. The van der Waals surface area contributed by atoms with Crippen molar-refractivity contribution in [1.82, 2.24) is 5.32 Å². The largest absolute Gasteiger partial charge is 0.306 e. The summed E-state index contributed by atoms with van der Waals surface area (Å²) in [6.45, 7) is 2.55. The molecule has 1 nitrogen and oxygen atoms in total. The maximum absolute atomic E-state index is 13.3. The van der Waals surface area contributed by atoms with E-state index in [0.717, 1.165) is 11.1 Å². The zero-order valence-electron chi connectivity index (χ0n) is 10.5. The average molecular weight is 298 g/mol. The molecule has 2 aromatic rings. The molecule has 0 spiro atoms. The molecule has 2 rings (SSSR count). The second kappa shape index (κ2) is 6.38. The van der Waals surface area contributed by atoms with Gasteiger partial charge in [-0.05, 0) is 36.2 Å². The molecular weight excluding hydrogens is 284 g/mol. The van der Waals surface area contributed by atoms with Gasteiger partial charge in [0.25, 0.3) is 0 Å². The first kappa shape index (κ1) is 14.3. The summed E-state index contributed by atoms with van der Waals surface area (Å²) in [5.41, 5.74) is 1.87. The van der Waals surface area contributed by atoms with Gasteiger partial charge in [-0.15, -0.1) is 0 Å². The molecule has 1 N–H and O–H groups in total. The van der Waals surface area contributed by atoms with Crippen LogP contribution in [0.25, 0.3) is 0 Å². The molecule has 100 valence electrons. The van der Waals surface area contributed by atoms with E-state index in [9.17, 15) is 4.39 Å². The Hall–Kier alpha value is -1.09. The number of nitrogens with one attached hydrogen (secondary N) is 1. The Bertz CT molecular complexity index is 555. The minimum atomic E-state index is -0.389. The summed E-state index contributed by atoms with van der Waals surface area (Å²) in [5, 5.41) is 4.20. The smallest absolute Gasteiger partial charge is 0.142 e. The van der Waals surface area contributed by atoms with Crippen molar-refractivity contribution in [1.29, 1.82) is 0 Å². The maximum atomic E-state index is 13.3. The van der Waals surface area contributed by atoms with Gasteiger partial charge >= 0.3 is 0 Å². The lowest BCUT2D eigenvalue weighted by molar-refractivity contribution is 0.569. The third kappa shape index (κ3) is 3.69. The topological polar surface area (TPSA) is 12.0 Å². The van der Waals surface area contributed by atoms with Gasteiger partial charge in [-0.1, -0.05) is 47.5 Å². The highest BCUT2D eigenvalue weighted by atomic mass is 35.5. The van der Waals surface area contributed by atoms with Crippen molar-refractivity contribution in [3.63, 3.8) is 0 Å². The van der Waals surface area contributed by atoms with Crippen LogP contribution in [-0.2, 0) is 6.54 Å². The van der Waals surface area contributed by atoms with Gasteiger partial charge in [-0.2, -0.15) is 0 Å². The maximum Gasteiger partial charge on any atom is 0.142 e. The second-order valence-electron chi connectivity index (χ2n) is 4.37. The van der Waals surface area contributed by atoms with Crippen molar-refractivity contribution >= 4 is 23.2 Å². The van der Waals surface area contributed by atoms with E-state index in [1.165, 1.54) is 6.07 Å². The van der Waals surface area contributed by atoms with Gasteiger partial charge in [-0.3, -0.25) is 0 Å². The molecule has 0 bridgehead atoms. The van der Waals surface area contributed by atoms with Gasteiger partial charge in [0.1, 0.15) is 5.82 Å². The fraction of sp³-hybridized carbons (Fsp3) is 0.200. The van der Waals surface area contributed by atoms with E-state index >= 15 is 0 Å². The number of hydrogen-bond donors (Lipinski definition) is 1. The van der Waals surface area contributed by atoms with E-state index in [1.54, 1.807) is 6.07 Å². The molecule has 0 radical (unpaired) electrons. The van der Waals surface area contributed by atoms with Crippen LogP contribution >= 0.6 is 23.2 Å². The molecule has 0 heterocycles. The average Bonchev–Trinajstić information content (AvgIpc) is 2.41. The van der Waals surface area contributed by atoms with Crippen molar-refractivity contribution in [3.05, 3.63) is 69.5 Å². The Morgan fingerprint density at radius 3 is 2.47 bits per heavy atom. The van der Waals surface area contributed by atoms with Crippen LogP contribution < -0.4 is 5.32 Å². The monoisotopic (exact) mass is 297 g/mol. The van der Waals surface area contributed by atoms with Crippen molar-refractivity contribution in [2.45, 2.75) is 19.5 Å². The minimum absolute atomic E-state index is 0.136. The number of hydrogen-bond acceptors (Lipinski definition) is 1. The van der Waals surface area contributed by atoms with Crippen LogP contribution in [0.15, 0.2) is 42.5 Å². The van der Waals surface area contributed by atoms with Gasteiger partial charge in [0.2, 0.25) is 0 Å². The van der Waals surface area contributed by atoms with Crippen molar-refractivity contribution in [2.24, 2.45) is 0 Å². The van der Waals surface area contributed by atoms with Gasteiger partial charge < -0.3 is 5.32 Å². The first-order chi connectivity index (χ1) is 9.08. The lowest BCUT2D eigenvalue weighted by atomic mass is 10.1. The van der Waals surface area contributed by atoms with Crippen LogP contribution in [0.2, 0.25) is 10.0 Å². The van der Waals surface area contributed by atoms with Crippen LogP contribution in [0.3, 0.4) is 0 Å². The summed E-state index contributed by atoms with van der Waals surface area (Å²) in [6, 6.07) is 12.6. The number of rotatable bonds is 4. The van der Waals surface area contributed by atoms with E-state index in [-0.39, 0.29) is 16.9 Å². The van der Waals surface area contributed by atoms with E-state index < -0.39 is 0 Å². The first-order valence-electron chi connectivity index (χ1n) is 5.99. The Morgan fingerprint density at radius 1 is 1.11 bits per heavy atom. The van der Waals surface area contributed by atoms with Crippen molar-refractivity contribution < 1.29 is 4.39 Å². The van der Waals surface area contributed by atoms with Crippen LogP contribution in [0.5, 0.6) is 0 Å². The van der Waals surface area contributed by atoms with Crippen LogP contribution in [0, 0.1) is 5.82 Å². The highest BCUT2D eigenvalue weighted by Crippen LogP contribution is 2.21. The highest BCUT2D eigenvalue weighted by Gasteiger charge is 2.08. The predicted octanol–water partition coefficient (Wildman–Crippen LogP) is 4.98. The van der Waals surface area contributed by atoms with E-state index in [0.29, 0.717) is 11.6 Å². The van der Waals surface area contributed by atoms with Gasteiger partial charge in [0.15, 0.2) is 0 Å². The van der Waals surface area contributed by atoms with Crippen molar-refractivity contribution in [3.8, 4) is 0 Å². The van der Waals surface area contributed by atoms with Crippen molar-refractivity contribution in [2.75, 3.05) is 0 Å². The first-order valence-corrected chi connectivity index (χ1v) is 6.75. The Kier molecular flexibility index (Phi) is 4.81. The third-order valence-electron chi connectivity index (χ3n) is 3.00. The quantitative estimate of drug-likeness (QED) is 0.839. The van der Waals surface area contributed by atoms with E-state index in [2.05, 4.69) is 5.32 Å². The SMILES string of the molecule is CC(NCc1cccc(F)c1Cl)c1ccc(Cl)cc1.